The summed E-state index contributed by atoms with van der Waals surface area (Å²) in [5, 5.41) is 9.22. The van der Waals surface area contributed by atoms with Crippen molar-refractivity contribution in [1.82, 2.24) is 4.31 Å². The summed E-state index contributed by atoms with van der Waals surface area (Å²) >= 11 is 0. The highest BCUT2D eigenvalue weighted by atomic mass is 32.2. The van der Waals surface area contributed by atoms with E-state index < -0.39 is 28.2 Å². The molecule has 0 amide bonds. The van der Waals surface area contributed by atoms with Crippen LogP contribution < -0.4 is 0 Å². The molecule has 5 nitrogen and oxygen atoms in total. The number of alkyl halides is 3. The van der Waals surface area contributed by atoms with E-state index in [1.165, 1.54) is 4.31 Å². The van der Waals surface area contributed by atoms with Gasteiger partial charge >= 0.3 is 6.18 Å². The number of aliphatic hydroxyl groups excluding tert-OH is 1. The maximum atomic E-state index is 12.4. The number of nitrogens with zero attached hydrogens (tertiary/aromatic N) is 1. The van der Waals surface area contributed by atoms with Crippen molar-refractivity contribution in [3.8, 4) is 0 Å². The van der Waals surface area contributed by atoms with Crippen LogP contribution in [0, 0.1) is 11.8 Å². The van der Waals surface area contributed by atoms with Gasteiger partial charge in [0.15, 0.2) is 6.10 Å². The number of piperidine rings is 1. The second-order valence-electron chi connectivity index (χ2n) is 5.73. The molecule has 9 heteroatoms. The predicted octanol–water partition coefficient (Wildman–Crippen LogP) is 0.988. The van der Waals surface area contributed by atoms with Crippen LogP contribution in [0.2, 0.25) is 0 Å². The fourth-order valence-corrected chi connectivity index (χ4v) is 4.69. The lowest BCUT2D eigenvalue weighted by atomic mass is 9.92. The fourth-order valence-electron chi connectivity index (χ4n) is 2.85. The van der Waals surface area contributed by atoms with Gasteiger partial charge in [-0.1, -0.05) is 0 Å². The molecule has 2 fully saturated rings. The first-order chi connectivity index (χ1) is 9.70. The van der Waals surface area contributed by atoms with Crippen LogP contribution in [0.25, 0.3) is 0 Å². The SMILES string of the molecule is O=S(=O)(C[C@@H]1CCOC1)N1CCC([C@H](O)C(F)(F)F)CC1. The summed E-state index contributed by atoms with van der Waals surface area (Å²) in [7, 11) is -3.46. The molecule has 2 saturated heterocycles. The molecule has 0 aromatic rings. The van der Waals surface area contributed by atoms with Gasteiger partial charge in [0.2, 0.25) is 10.0 Å². The smallest absolute Gasteiger partial charge is 0.383 e. The largest absolute Gasteiger partial charge is 0.414 e. The Kier molecular flexibility index (Phi) is 5.17. The van der Waals surface area contributed by atoms with Crippen LogP contribution in [0.4, 0.5) is 13.2 Å². The van der Waals surface area contributed by atoms with Gasteiger partial charge in [-0.3, -0.25) is 0 Å². The number of ether oxygens (including phenoxy) is 1. The van der Waals surface area contributed by atoms with Crippen molar-refractivity contribution in [1.29, 1.82) is 0 Å². The molecule has 0 spiro atoms. The molecule has 2 aliphatic heterocycles. The summed E-state index contributed by atoms with van der Waals surface area (Å²) in [6.07, 6.45) is -6.26. The summed E-state index contributed by atoms with van der Waals surface area (Å²) in [4.78, 5) is 0. The summed E-state index contributed by atoms with van der Waals surface area (Å²) in [6.45, 7) is 1.05. The first-order valence-corrected chi connectivity index (χ1v) is 8.61. The van der Waals surface area contributed by atoms with Crippen molar-refractivity contribution in [3.05, 3.63) is 0 Å². The molecule has 2 heterocycles. The van der Waals surface area contributed by atoms with Crippen molar-refractivity contribution in [3.63, 3.8) is 0 Å². The lowest BCUT2D eigenvalue weighted by Gasteiger charge is -2.34. The molecule has 0 unspecified atom stereocenters. The van der Waals surface area contributed by atoms with Gasteiger partial charge in [-0.05, 0) is 31.1 Å². The molecular formula is C12H20F3NO4S. The van der Waals surface area contributed by atoms with Crippen LogP contribution in [-0.2, 0) is 14.8 Å². The van der Waals surface area contributed by atoms with Crippen LogP contribution in [0.5, 0.6) is 0 Å². The van der Waals surface area contributed by atoms with E-state index in [1.54, 1.807) is 0 Å². The zero-order valence-corrected chi connectivity index (χ0v) is 12.4. The molecule has 0 bridgehead atoms. The zero-order valence-electron chi connectivity index (χ0n) is 11.6. The number of halogens is 3. The molecular weight excluding hydrogens is 311 g/mol. The van der Waals surface area contributed by atoms with Crippen molar-refractivity contribution in [2.24, 2.45) is 11.8 Å². The van der Waals surface area contributed by atoms with Crippen molar-refractivity contribution < 1.29 is 31.4 Å². The maximum absolute atomic E-state index is 12.4. The van der Waals surface area contributed by atoms with Gasteiger partial charge in [0.1, 0.15) is 0 Å². The van der Waals surface area contributed by atoms with E-state index in [4.69, 9.17) is 4.74 Å². The van der Waals surface area contributed by atoms with Crippen molar-refractivity contribution >= 4 is 10.0 Å². The lowest BCUT2D eigenvalue weighted by molar-refractivity contribution is -0.222. The van der Waals surface area contributed by atoms with Crippen LogP contribution in [-0.4, -0.2) is 62.2 Å². The second-order valence-corrected chi connectivity index (χ2v) is 7.74. The first-order valence-electron chi connectivity index (χ1n) is 7.00. The van der Waals surface area contributed by atoms with E-state index in [-0.39, 0.29) is 37.6 Å². The van der Waals surface area contributed by atoms with Gasteiger partial charge in [0.25, 0.3) is 0 Å². The Balaban J connectivity index is 1.88. The third-order valence-electron chi connectivity index (χ3n) is 4.14. The summed E-state index contributed by atoms with van der Waals surface area (Å²) in [5.74, 6) is -0.973. The Labute approximate surface area is 122 Å². The number of aliphatic hydroxyl groups is 1. The molecule has 2 rings (SSSR count). The molecule has 124 valence electrons. The van der Waals surface area contributed by atoms with Gasteiger partial charge < -0.3 is 9.84 Å². The fraction of sp³-hybridized carbons (Fsp3) is 1.00. The van der Waals surface area contributed by atoms with E-state index in [0.717, 1.165) is 0 Å². The van der Waals surface area contributed by atoms with Gasteiger partial charge in [-0.15, -0.1) is 0 Å². The Morgan fingerprint density at radius 3 is 2.33 bits per heavy atom. The highest BCUT2D eigenvalue weighted by Crippen LogP contribution is 2.32. The minimum atomic E-state index is -4.65. The van der Waals surface area contributed by atoms with E-state index in [0.29, 0.717) is 19.6 Å². The molecule has 2 aliphatic rings. The summed E-state index contributed by atoms with van der Waals surface area (Å²) < 4.78 is 68.1. The molecule has 0 aliphatic carbocycles. The van der Waals surface area contributed by atoms with Crippen LogP contribution >= 0.6 is 0 Å². The quantitative estimate of drug-likeness (QED) is 0.834. The lowest BCUT2D eigenvalue weighted by Crippen LogP contribution is -2.46. The number of rotatable bonds is 4. The topological polar surface area (TPSA) is 66.8 Å². The normalized spacial score (nSPS) is 27.9. The molecule has 0 aromatic heterocycles. The monoisotopic (exact) mass is 331 g/mol. The summed E-state index contributed by atoms with van der Waals surface area (Å²) in [6, 6.07) is 0. The maximum Gasteiger partial charge on any atom is 0.414 e. The van der Waals surface area contributed by atoms with E-state index in [2.05, 4.69) is 0 Å². The third-order valence-corrected chi connectivity index (χ3v) is 6.19. The number of hydrogen-bond acceptors (Lipinski definition) is 4. The Morgan fingerprint density at radius 2 is 1.86 bits per heavy atom. The van der Waals surface area contributed by atoms with Crippen LogP contribution in [0.3, 0.4) is 0 Å². The predicted molar refractivity (Wildman–Crippen MR) is 69.1 cm³/mol. The molecule has 2 atom stereocenters. The highest BCUT2D eigenvalue weighted by Gasteiger charge is 2.45. The van der Waals surface area contributed by atoms with E-state index in [9.17, 15) is 26.7 Å². The highest BCUT2D eigenvalue weighted by molar-refractivity contribution is 7.89. The average Bonchev–Trinajstić information content (AvgIpc) is 2.89. The van der Waals surface area contributed by atoms with E-state index >= 15 is 0 Å². The Bertz CT molecular complexity index is 440. The first kappa shape index (κ1) is 17.0. The van der Waals surface area contributed by atoms with Crippen molar-refractivity contribution in [2.45, 2.75) is 31.5 Å². The van der Waals surface area contributed by atoms with E-state index in [1.807, 2.05) is 0 Å². The van der Waals surface area contributed by atoms with Crippen LogP contribution in [0.15, 0.2) is 0 Å². The minimum Gasteiger partial charge on any atom is -0.383 e. The average molecular weight is 331 g/mol. The molecule has 21 heavy (non-hydrogen) atoms. The molecule has 0 saturated carbocycles. The van der Waals surface area contributed by atoms with Gasteiger partial charge in [-0.25, -0.2) is 12.7 Å². The molecule has 0 radical (unpaired) electrons. The zero-order chi connectivity index (χ0) is 15.7. The van der Waals surface area contributed by atoms with Gasteiger partial charge in [0.05, 0.1) is 12.4 Å². The van der Waals surface area contributed by atoms with Crippen LogP contribution in [0.1, 0.15) is 19.3 Å². The Hall–Kier alpha value is -0.380. The number of sulfonamides is 1. The van der Waals surface area contributed by atoms with Gasteiger partial charge in [0, 0.05) is 19.7 Å². The second kappa shape index (κ2) is 6.39. The standard InChI is InChI=1S/C12H20F3NO4S/c13-12(14,15)11(17)10-1-4-16(5-2-10)21(18,19)8-9-3-6-20-7-9/h9-11,17H,1-8H2/t9-,11+/m1/s1. The Morgan fingerprint density at radius 1 is 1.24 bits per heavy atom. The number of hydrogen-bond donors (Lipinski definition) is 1. The summed E-state index contributed by atoms with van der Waals surface area (Å²) in [5.41, 5.74) is 0. The van der Waals surface area contributed by atoms with Gasteiger partial charge in [-0.2, -0.15) is 13.2 Å². The third kappa shape index (κ3) is 4.30. The molecule has 0 aromatic carbocycles. The minimum absolute atomic E-state index is 0.0144. The van der Waals surface area contributed by atoms with Crippen molar-refractivity contribution in [2.75, 3.05) is 32.1 Å². The molecule has 1 N–H and O–H groups in total.